The Kier molecular flexibility index (Phi) is 5.95. The lowest BCUT2D eigenvalue weighted by molar-refractivity contribution is -0.118. The monoisotopic (exact) mass is 325 g/mol. The van der Waals surface area contributed by atoms with E-state index in [0.717, 1.165) is 24.3 Å². The standard InChI is InChI=1S/C14H16ClN3O2S/c1-2-3-8-13-17-18-14(21-13)16-12(19)9-20-11-7-5-4-6-10(11)15/h4-7H,2-3,8-9H2,1H3,(H,16,18,19). The van der Waals surface area contributed by atoms with E-state index < -0.39 is 0 Å². The summed E-state index contributed by atoms with van der Waals surface area (Å²) >= 11 is 7.33. The van der Waals surface area contributed by atoms with E-state index in [9.17, 15) is 4.79 Å². The number of nitrogens with one attached hydrogen (secondary N) is 1. The molecule has 7 heteroatoms. The zero-order valence-electron chi connectivity index (χ0n) is 11.6. The Hall–Kier alpha value is -1.66. The van der Waals surface area contributed by atoms with Crippen molar-refractivity contribution in [2.24, 2.45) is 0 Å². The number of amides is 1. The Morgan fingerprint density at radius 3 is 2.95 bits per heavy atom. The number of halogens is 1. The van der Waals surface area contributed by atoms with Gasteiger partial charge in [0.25, 0.3) is 5.91 Å². The van der Waals surface area contributed by atoms with Crippen LogP contribution in [0.25, 0.3) is 0 Å². The Morgan fingerprint density at radius 2 is 2.19 bits per heavy atom. The van der Waals surface area contributed by atoms with Crippen LogP contribution in [-0.2, 0) is 11.2 Å². The normalized spacial score (nSPS) is 10.4. The largest absolute Gasteiger partial charge is 0.482 e. The highest BCUT2D eigenvalue weighted by molar-refractivity contribution is 7.15. The van der Waals surface area contributed by atoms with Crippen molar-refractivity contribution in [1.82, 2.24) is 10.2 Å². The number of rotatable bonds is 7. The van der Waals surface area contributed by atoms with Gasteiger partial charge in [-0.05, 0) is 18.6 Å². The molecule has 1 amide bonds. The Balaban J connectivity index is 1.82. The molecular formula is C14H16ClN3O2S. The number of hydrogen-bond acceptors (Lipinski definition) is 5. The second-order valence-corrected chi connectivity index (χ2v) is 5.84. The molecule has 5 nitrogen and oxygen atoms in total. The van der Waals surface area contributed by atoms with Crippen molar-refractivity contribution in [3.63, 3.8) is 0 Å². The molecule has 0 aliphatic heterocycles. The van der Waals surface area contributed by atoms with E-state index in [1.165, 1.54) is 11.3 Å². The van der Waals surface area contributed by atoms with Gasteiger partial charge in [0, 0.05) is 6.42 Å². The number of unbranched alkanes of at least 4 members (excludes halogenated alkanes) is 1. The maximum Gasteiger partial charge on any atom is 0.264 e. The summed E-state index contributed by atoms with van der Waals surface area (Å²) in [6, 6.07) is 7.02. The number of aryl methyl sites for hydroxylation is 1. The average molecular weight is 326 g/mol. The summed E-state index contributed by atoms with van der Waals surface area (Å²) in [7, 11) is 0. The molecule has 0 unspecified atom stereocenters. The predicted molar refractivity (Wildman–Crippen MR) is 84.1 cm³/mol. The number of carbonyl (C=O) groups is 1. The number of ether oxygens (including phenoxy) is 1. The van der Waals surface area contributed by atoms with Crippen LogP contribution < -0.4 is 10.1 Å². The molecule has 1 heterocycles. The number of benzene rings is 1. The molecule has 112 valence electrons. The van der Waals surface area contributed by atoms with Crippen LogP contribution in [-0.4, -0.2) is 22.7 Å². The van der Waals surface area contributed by atoms with Gasteiger partial charge in [0.15, 0.2) is 6.61 Å². The van der Waals surface area contributed by atoms with Crippen LogP contribution in [0.3, 0.4) is 0 Å². The quantitative estimate of drug-likeness (QED) is 0.845. The zero-order chi connectivity index (χ0) is 15.1. The van der Waals surface area contributed by atoms with E-state index in [-0.39, 0.29) is 12.5 Å². The second-order valence-electron chi connectivity index (χ2n) is 4.37. The van der Waals surface area contributed by atoms with Crippen molar-refractivity contribution in [3.05, 3.63) is 34.3 Å². The number of anilines is 1. The highest BCUT2D eigenvalue weighted by Gasteiger charge is 2.09. The number of aromatic nitrogens is 2. The van der Waals surface area contributed by atoms with E-state index in [1.807, 2.05) is 0 Å². The molecule has 1 aromatic heterocycles. The minimum absolute atomic E-state index is 0.117. The molecular weight excluding hydrogens is 310 g/mol. The minimum Gasteiger partial charge on any atom is -0.482 e. The van der Waals surface area contributed by atoms with Crippen LogP contribution in [0.1, 0.15) is 24.8 Å². The van der Waals surface area contributed by atoms with Crippen LogP contribution in [0.2, 0.25) is 5.02 Å². The Labute approximate surface area is 132 Å². The van der Waals surface area contributed by atoms with E-state index in [4.69, 9.17) is 16.3 Å². The lowest BCUT2D eigenvalue weighted by atomic mass is 10.3. The molecule has 0 saturated heterocycles. The van der Waals surface area contributed by atoms with Gasteiger partial charge >= 0.3 is 0 Å². The van der Waals surface area contributed by atoms with Crippen molar-refractivity contribution in [1.29, 1.82) is 0 Å². The van der Waals surface area contributed by atoms with E-state index in [0.29, 0.717) is 15.9 Å². The van der Waals surface area contributed by atoms with Gasteiger partial charge in [-0.25, -0.2) is 0 Å². The maximum absolute atomic E-state index is 11.8. The number of carbonyl (C=O) groups excluding carboxylic acids is 1. The summed E-state index contributed by atoms with van der Waals surface area (Å²) in [6.07, 6.45) is 3.06. The third-order valence-corrected chi connectivity index (χ3v) is 3.86. The molecule has 1 aromatic carbocycles. The summed E-state index contributed by atoms with van der Waals surface area (Å²) in [5.41, 5.74) is 0. The average Bonchev–Trinajstić information content (AvgIpc) is 2.91. The molecule has 0 saturated carbocycles. The molecule has 0 atom stereocenters. The second kappa shape index (κ2) is 7.95. The molecule has 0 aliphatic carbocycles. The SMILES string of the molecule is CCCCc1nnc(NC(=O)COc2ccccc2Cl)s1. The van der Waals surface area contributed by atoms with Crippen LogP contribution in [0, 0.1) is 0 Å². The molecule has 2 aromatic rings. The van der Waals surface area contributed by atoms with Crippen molar-refractivity contribution in [3.8, 4) is 5.75 Å². The first-order valence-electron chi connectivity index (χ1n) is 6.68. The fraction of sp³-hybridized carbons (Fsp3) is 0.357. The third kappa shape index (κ3) is 4.99. The molecule has 0 aliphatic rings. The van der Waals surface area contributed by atoms with Gasteiger partial charge in [0.05, 0.1) is 5.02 Å². The fourth-order valence-corrected chi connectivity index (χ4v) is 2.58. The molecule has 21 heavy (non-hydrogen) atoms. The Morgan fingerprint density at radius 1 is 1.38 bits per heavy atom. The van der Waals surface area contributed by atoms with Crippen LogP contribution >= 0.6 is 22.9 Å². The zero-order valence-corrected chi connectivity index (χ0v) is 13.2. The van der Waals surface area contributed by atoms with Crippen LogP contribution in [0.15, 0.2) is 24.3 Å². The van der Waals surface area contributed by atoms with Crippen LogP contribution in [0.4, 0.5) is 5.13 Å². The third-order valence-electron chi connectivity index (χ3n) is 2.65. The molecule has 0 radical (unpaired) electrons. The molecule has 0 spiro atoms. The maximum atomic E-state index is 11.8. The first-order valence-corrected chi connectivity index (χ1v) is 7.88. The molecule has 2 rings (SSSR count). The lowest BCUT2D eigenvalue weighted by Gasteiger charge is -2.06. The summed E-state index contributed by atoms with van der Waals surface area (Å²) in [4.78, 5) is 11.8. The number of para-hydroxylation sites is 1. The molecule has 0 fully saturated rings. The van der Waals surface area contributed by atoms with Gasteiger partial charge in [-0.2, -0.15) is 0 Å². The number of nitrogens with zero attached hydrogens (tertiary/aromatic N) is 2. The summed E-state index contributed by atoms with van der Waals surface area (Å²) in [5.74, 6) is 0.198. The highest BCUT2D eigenvalue weighted by atomic mass is 35.5. The minimum atomic E-state index is -0.284. The summed E-state index contributed by atoms with van der Waals surface area (Å²) in [6.45, 7) is 2.00. The van der Waals surface area contributed by atoms with E-state index in [1.54, 1.807) is 24.3 Å². The van der Waals surface area contributed by atoms with Gasteiger partial charge < -0.3 is 4.74 Å². The van der Waals surface area contributed by atoms with Gasteiger partial charge in [0.1, 0.15) is 10.8 Å². The Bertz CT molecular complexity index is 603. The first-order chi connectivity index (χ1) is 10.2. The topological polar surface area (TPSA) is 64.1 Å². The summed E-state index contributed by atoms with van der Waals surface area (Å²) in [5, 5.41) is 12.5. The smallest absolute Gasteiger partial charge is 0.264 e. The first kappa shape index (κ1) is 15.7. The van der Waals surface area contributed by atoms with Crippen molar-refractivity contribution in [2.45, 2.75) is 26.2 Å². The van der Waals surface area contributed by atoms with Crippen molar-refractivity contribution in [2.75, 3.05) is 11.9 Å². The highest BCUT2D eigenvalue weighted by Crippen LogP contribution is 2.23. The van der Waals surface area contributed by atoms with Gasteiger partial charge in [-0.3, -0.25) is 10.1 Å². The van der Waals surface area contributed by atoms with E-state index in [2.05, 4.69) is 22.4 Å². The lowest BCUT2D eigenvalue weighted by Crippen LogP contribution is -2.20. The number of hydrogen-bond donors (Lipinski definition) is 1. The van der Waals surface area contributed by atoms with Crippen LogP contribution in [0.5, 0.6) is 5.75 Å². The van der Waals surface area contributed by atoms with Crippen molar-refractivity contribution >= 4 is 34.0 Å². The molecule has 0 bridgehead atoms. The fourth-order valence-electron chi connectivity index (χ4n) is 1.59. The van der Waals surface area contributed by atoms with Crippen molar-refractivity contribution < 1.29 is 9.53 Å². The summed E-state index contributed by atoms with van der Waals surface area (Å²) < 4.78 is 5.35. The van der Waals surface area contributed by atoms with Gasteiger partial charge in [0.2, 0.25) is 5.13 Å². The van der Waals surface area contributed by atoms with Gasteiger partial charge in [-0.1, -0.05) is 48.4 Å². The predicted octanol–water partition coefficient (Wildman–Crippen LogP) is 3.55. The van der Waals surface area contributed by atoms with E-state index >= 15 is 0 Å². The van der Waals surface area contributed by atoms with Gasteiger partial charge in [-0.15, -0.1) is 10.2 Å². The molecule has 1 N–H and O–H groups in total.